The standard InChI is InChI=1S/C5H8F2O3S/c6-5(7)3(9)2(1-8)10-4(5)11/h2-4,8-9,11H,1H2. The van der Waals surface area contributed by atoms with Gasteiger partial charge in [-0.25, -0.2) is 0 Å². The van der Waals surface area contributed by atoms with Crippen molar-refractivity contribution in [1.29, 1.82) is 0 Å². The lowest BCUT2D eigenvalue weighted by atomic mass is 10.1. The average molecular weight is 186 g/mol. The number of ether oxygens (including phenoxy) is 1. The van der Waals surface area contributed by atoms with E-state index in [1.807, 2.05) is 0 Å². The van der Waals surface area contributed by atoms with Crippen LogP contribution >= 0.6 is 12.6 Å². The molecule has 3 atom stereocenters. The first-order valence-electron chi connectivity index (χ1n) is 3.00. The maximum atomic E-state index is 12.6. The summed E-state index contributed by atoms with van der Waals surface area (Å²) in [6.07, 6.45) is -3.19. The number of aliphatic hydroxyl groups excluding tert-OH is 2. The molecule has 0 saturated carbocycles. The summed E-state index contributed by atoms with van der Waals surface area (Å²) in [6, 6.07) is 0. The van der Waals surface area contributed by atoms with Crippen LogP contribution in [0.4, 0.5) is 8.78 Å². The number of hydrogen-bond donors (Lipinski definition) is 3. The SMILES string of the molecule is OCC1OC(S)C(F)(F)C1O. The van der Waals surface area contributed by atoms with E-state index in [-0.39, 0.29) is 0 Å². The maximum absolute atomic E-state index is 12.6. The molecule has 0 aromatic heterocycles. The molecule has 0 amide bonds. The summed E-state index contributed by atoms with van der Waals surface area (Å²) in [7, 11) is 0. The van der Waals surface area contributed by atoms with Gasteiger partial charge in [-0.2, -0.15) is 8.78 Å². The summed E-state index contributed by atoms with van der Waals surface area (Å²) in [5, 5.41) is 17.2. The van der Waals surface area contributed by atoms with Crippen molar-refractivity contribution in [3.05, 3.63) is 0 Å². The molecule has 1 saturated heterocycles. The van der Waals surface area contributed by atoms with Crippen LogP contribution in [0.3, 0.4) is 0 Å². The predicted molar refractivity (Wildman–Crippen MR) is 35.7 cm³/mol. The van der Waals surface area contributed by atoms with E-state index in [2.05, 4.69) is 17.4 Å². The lowest BCUT2D eigenvalue weighted by Crippen LogP contribution is -2.39. The second kappa shape index (κ2) is 2.85. The Hall–Kier alpha value is 0.0900. The van der Waals surface area contributed by atoms with Gasteiger partial charge >= 0.3 is 5.92 Å². The minimum atomic E-state index is -3.38. The van der Waals surface area contributed by atoms with Crippen LogP contribution < -0.4 is 0 Å². The normalized spacial score (nSPS) is 42.8. The lowest BCUT2D eigenvalue weighted by molar-refractivity contribution is -0.0898. The van der Waals surface area contributed by atoms with Gasteiger partial charge in [0.25, 0.3) is 0 Å². The number of aliphatic hydroxyl groups is 2. The van der Waals surface area contributed by atoms with E-state index in [0.717, 1.165) is 0 Å². The van der Waals surface area contributed by atoms with Crippen LogP contribution in [0.2, 0.25) is 0 Å². The summed E-state index contributed by atoms with van der Waals surface area (Å²) >= 11 is 3.40. The Kier molecular flexibility index (Phi) is 2.38. The van der Waals surface area contributed by atoms with Crippen molar-refractivity contribution < 1.29 is 23.7 Å². The van der Waals surface area contributed by atoms with E-state index in [0.29, 0.717) is 0 Å². The zero-order valence-corrected chi connectivity index (χ0v) is 6.34. The van der Waals surface area contributed by atoms with Crippen molar-refractivity contribution in [3.8, 4) is 0 Å². The van der Waals surface area contributed by atoms with E-state index in [4.69, 9.17) is 10.2 Å². The van der Waals surface area contributed by atoms with Gasteiger partial charge in [0.2, 0.25) is 0 Å². The van der Waals surface area contributed by atoms with Gasteiger partial charge in [-0.1, -0.05) is 0 Å². The number of hydrogen-bond acceptors (Lipinski definition) is 4. The molecule has 11 heavy (non-hydrogen) atoms. The van der Waals surface area contributed by atoms with Crippen LogP contribution in [0, 0.1) is 0 Å². The molecule has 0 radical (unpaired) electrons. The third-order valence-corrected chi connectivity index (χ3v) is 2.03. The monoisotopic (exact) mass is 186 g/mol. The molecule has 3 unspecified atom stereocenters. The van der Waals surface area contributed by atoms with Crippen LogP contribution in [-0.4, -0.2) is 40.4 Å². The highest BCUT2D eigenvalue weighted by Crippen LogP contribution is 2.37. The molecular formula is C5H8F2O3S. The largest absolute Gasteiger partial charge is 0.394 e. The summed E-state index contributed by atoms with van der Waals surface area (Å²) < 4.78 is 29.7. The number of alkyl halides is 2. The second-order valence-corrected chi connectivity index (χ2v) is 2.80. The van der Waals surface area contributed by atoms with Gasteiger partial charge in [-0.05, 0) is 0 Å². The number of rotatable bonds is 1. The van der Waals surface area contributed by atoms with Gasteiger partial charge in [0, 0.05) is 0 Å². The Morgan fingerprint density at radius 2 is 2.09 bits per heavy atom. The summed E-state index contributed by atoms with van der Waals surface area (Å²) in [5.41, 5.74) is -1.63. The van der Waals surface area contributed by atoms with Crippen LogP contribution in [0.1, 0.15) is 0 Å². The van der Waals surface area contributed by atoms with Gasteiger partial charge in [-0.3, -0.25) is 0 Å². The predicted octanol–water partition coefficient (Wildman–Crippen LogP) is -0.370. The first-order valence-corrected chi connectivity index (χ1v) is 3.52. The Labute approximate surface area is 67.4 Å². The zero-order chi connectivity index (χ0) is 8.65. The zero-order valence-electron chi connectivity index (χ0n) is 5.44. The fourth-order valence-electron chi connectivity index (χ4n) is 0.868. The van der Waals surface area contributed by atoms with Crippen molar-refractivity contribution >= 4 is 12.6 Å². The van der Waals surface area contributed by atoms with Crippen molar-refractivity contribution in [2.45, 2.75) is 23.6 Å². The summed E-state index contributed by atoms with van der Waals surface area (Å²) in [6.45, 7) is -0.631. The molecule has 6 heteroatoms. The third kappa shape index (κ3) is 1.35. The minimum Gasteiger partial charge on any atom is -0.394 e. The minimum absolute atomic E-state index is 0.631. The first-order chi connectivity index (χ1) is 5.00. The van der Waals surface area contributed by atoms with Crippen LogP contribution in [-0.2, 0) is 4.74 Å². The van der Waals surface area contributed by atoms with Crippen molar-refractivity contribution in [2.24, 2.45) is 0 Å². The third-order valence-electron chi connectivity index (χ3n) is 1.56. The van der Waals surface area contributed by atoms with Crippen molar-refractivity contribution in [1.82, 2.24) is 0 Å². The molecule has 1 aliphatic rings. The number of halogens is 2. The summed E-state index contributed by atoms with van der Waals surface area (Å²) in [4.78, 5) is 0. The quantitative estimate of drug-likeness (QED) is 0.490. The molecule has 0 aromatic rings. The van der Waals surface area contributed by atoms with E-state index >= 15 is 0 Å². The van der Waals surface area contributed by atoms with Crippen LogP contribution in [0.15, 0.2) is 0 Å². The molecule has 1 aliphatic heterocycles. The Morgan fingerprint density at radius 3 is 2.27 bits per heavy atom. The Morgan fingerprint density at radius 1 is 1.55 bits per heavy atom. The smallest absolute Gasteiger partial charge is 0.310 e. The maximum Gasteiger partial charge on any atom is 0.310 e. The molecule has 1 rings (SSSR count). The highest BCUT2D eigenvalue weighted by Gasteiger charge is 2.56. The van der Waals surface area contributed by atoms with E-state index in [1.54, 1.807) is 0 Å². The van der Waals surface area contributed by atoms with E-state index in [9.17, 15) is 8.78 Å². The fraction of sp³-hybridized carbons (Fsp3) is 1.00. The highest BCUT2D eigenvalue weighted by atomic mass is 32.1. The van der Waals surface area contributed by atoms with Crippen LogP contribution in [0.25, 0.3) is 0 Å². The van der Waals surface area contributed by atoms with E-state index in [1.165, 1.54) is 0 Å². The second-order valence-electron chi connectivity index (χ2n) is 2.33. The van der Waals surface area contributed by atoms with Crippen molar-refractivity contribution in [3.63, 3.8) is 0 Å². The lowest BCUT2D eigenvalue weighted by Gasteiger charge is -2.15. The number of thiol groups is 1. The van der Waals surface area contributed by atoms with Gasteiger partial charge < -0.3 is 14.9 Å². The summed E-state index contributed by atoms with van der Waals surface area (Å²) in [5.74, 6) is -3.38. The Balaban J connectivity index is 2.71. The molecule has 66 valence electrons. The topological polar surface area (TPSA) is 49.7 Å². The molecule has 3 nitrogen and oxygen atoms in total. The molecule has 0 aliphatic carbocycles. The van der Waals surface area contributed by atoms with Gasteiger partial charge in [-0.15, -0.1) is 12.6 Å². The van der Waals surface area contributed by atoms with Crippen molar-refractivity contribution in [2.75, 3.05) is 6.61 Å². The first kappa shape index (κ1) is 9.18. The molecule has 1 heterocycles. The molecule has 0 spiro atoms. The average Bonchev–Trinajstić information content (AvgIpc) is 2.14. The molecule has 0 aromatic carbocycles. The fourth-order valence-corrected chi connectivity index (χ4v) is 1.18. The molecule has 2 N–H and O–H groups in total. The van der Waals surface area contributed by atoms with Crippen LogP contribution in [0.5, 0.6) is 0 Å². The molecule has 0 bridgehead atoms. The highest BCUT2D eigenvalue weighted by molar-refractivity contribution is 7.80. The molecule has 1 fully saturated rings. The molecular weight excluding hydrogens is 178 g/mol. The van der Waals surface area contributed by atoms with Gasteiger partial charge in [0.15, 0.2) is 5.44 Å². The van der Waals surface area contributed by atoms with Gasteiger partial charge in [0.1, 0.15) is 12.2 Å². The van der Waals surface area contributed by atoms with E-state index < -0.39 is 30.2 Å². The Bertz CT molecular complexity index is 155. The van der Waals surface area contributed by atoms with Gasteiger partial charge in [0.05, 0.1) is 6.61 Å².